The summed E-state index contributed by atoms with van der Waals surface area (Å²) in [5.74, 6) is 0. The topological polar surface area (TPSA) is 43.9 Å². The molecule has 1 aliphatic rings. The lowest BCUT2D eigenvalue weighted by atomic mass is 9.99. The lowest BCUT2D eigenvalue weighted by Crippen LogP contribution is -1.96. The first-order chi connectivity index (χ1) is 22.3. The molecule has 5 aromatic carbocycles. The van der Waals surface area contributed by atoms with Gasteiger partial charge in [-0.15, -0.1) is 0 Å². The molecule has 0 saturated carbocycles. The van der Waals surface area contributed by atoms with Gasteiger partial charge in [0.05, 0.1) is 16.4 Å². The van der Waals surface area contributed by atoms with Crippen LogP contribution in [0.25, 0.3) is 82.8 Å². The zero-order valence-corrected chi connectivity index (χ0v) is 24.2. The van der Waals surface area contributed by atoms with Crippen molar-refractivity contribution in [3.05, 3.63) is 151 Å². The molecule has 0 saturated heterocycles. The lowest BCUT2D eigenvalue weighted by molar-refractivity contribution is 0.674. The van der Waals surface area contributed by atoms with E-state index >= 15 is 0 Å². The van der Waals surface area contributed by atoms with E-state index in [9.17, 15) is 0 Å². The summed E-state index contributed by atoms with van der Waals surface area (Å²) in [6, 6.07) is 41.5. The number of fused-ring (bicyclic) bond motifs is 11. The van der Waals surface area contributed by atoms with Gasteiger partial charge in [0, 0.05) is 52.2 Å². The van der Waals surface area contributed by atoms with Gasteiger partial charge in [0.15, 0.2) is 0 Å². The molecule has 0 bridgehead atoms. The first-order valence-corrected chi connectivity index (χ1v) is 15.3. The number of pyridine rings is 2. The van der Waals surface area contributed by atoms with Gasteiger partial charge in [-0.1, -0.05) is 54.6 Å². The molecule has 0 spiro atoms. The van der Waals surface area contributed by atoms with Gasteiger partial charge in [0.25, 0.3) is 0 Å². The summed E-state index contributed by atoms with van der Waals surface area (Å²) in [6.07, 6.45) is 8.34. The standard InChI is InChI=1S/C41H25N3O/c1-2-6-32-27(5-1)21-28-9-10-33-34-11-12-37-39(41(34)45-40(33)38(28)32)35-7-3-4-8-36(35)44(37)31-23-29(25-13-17-42-18-14-25)22-30(24-31)26-15-19-43-20-16-26/h1-20,22-24H,21H2. The largest absolute Gasteiger partial charge is 0.455 e. The number of furan rings is 1. The predicted octanol–water partition coefficient (Wildman–Crippen LogP) is 10.4. The monoisotopic (exact) mass is 575 g/mol. The molecular weight excluding hydrogens is 550 g/mol. The van der Waals surface area contributed by atoms with E-state index in [1.807, 2.05) is 24.8 Å². The van der Waals surface area contributed by atoms with Crippen molar-refractivity contribution in [1.29, 1.82) is 0 Å². The second-order valence-corrected chi connectivity index (χ2v) is 11.8. The van der Waals surface area contributed by atoms with Crippen LogP contribution in [0.15, 0.2) is 144 Å². The third kappa shape index (κ3) is 3.54. The van der Waals surface area contributed by atoms with Crippen LogP contribution < -0.4 is 0 Å². The summed E-state index contributed by atoms with van der Waals surface area (Å²) in [5.41, 5.74) is 15.0. The number of hydrogen-bond donors (Lipinski definition) is 0. The van der Waals surface area contributed by atoms with Crippen molar-refractivity contribution >= 4 is 43.7 Å². The van der Waals surface area contributed by atoms with E-state index in [2.05, 4.69) is 130 Å². The van der Waals surface area contributed by atoms with E-state index in [0.29, 0.717) is 0 Å². The number of benzene rings is 5. The summed E-state index contributed by atoms with van der Waals surface area (Å²) in [5, 5.41) is 4.63. The second-order valence-electron chi connectivity index (χ2n) is 11.8. The Hall–Kier alpha value is -6.00. The number of rotatable bonds is 3. The summed E-state index contributed by atoms with van der Waals surface area (Å²) in [4.78, 5) is 8.53. The smallest absolute Gasteiger partial charge is 0.145 e. The fourth-order valence-electron chi connectivity index (χ4n) is 7.40. The Morgan fingerprint density at radius 2 is 1.18 bits per heavy atom. The van der Waals surface area contributed by atoms with Crippen molar-refractivity contribution < 1.29 is 4.42 Å². The normalized spacial score (nSPS) is 12.4. The molecular formula is C41H25N3O. The molecule has 0 amide bonds. The van der Waals surface area contributed by atoms with Gasteiger partial charge >= 0.3 is 0 Å². The van der Waals surface area contributed by atoms with Gasteiger partial charge in [-0.25, -0.2) is 0 Å². The van der Waals surface area contributed by atoms with Crippen LogP contribution in [0.4, 0.5) is 0 Å². The molecule has 9 aromatic rings. The van der Waals surface area contributed by atoms with Crippen LogP contribution in [0.1, 0.15) is 11.1 Å². The molecule has 0 radical (unpaired) electrons. The van der Waals surface area contributed by atoms with E-state index < -0.39 is 0 Å². The highest BCUT2D eigenvalue weighted by molar-refractivity contribution is 6.25. The molecule has 0 atom stereocenters. The second kappa shape index (κ2) is 9.25. The van der Waals surface area contributed by atoms with Crippen LogP contribution in [-0.4, -0.2) is 14.5 Å². The van der Waals surface area contributed by atoms with Gasteiger partial charge in [-0.2, -0.15) is 0 Å². The highest BCUT2D eigenvalue weighted by Gasteiger charge is 2.25. The molecule has 4 aromatic heterocycles. The Morgan fingerprint density at radius 3 is 1.96 bits per heavy atom. The van der Waals surface area contributed by atoms with Crippen LogP contribution in [-0.2, 0) is 6.42 Å². The van der Waals surface area contributed by atoms with Crippen molar-refractivity contribution in [2.24, 2.45) is 0 Å². The summed E-state index contributed by atoms with van der Waals surface area (Å²) in [7, 11) is 0. The average molecular weight is 576 g/mol. The Kier molecular flexibility index (Phi) is 5.02. The minimum Gasteiger partial charge on any atom is -0.455 e. The van der Waals surface area contributed by atoms with Gasteiger partial charge in [0.1, 0.15) is 11.2 Å². The van der Waals surface area contributed by atoms with Gasteiger partial charge in [-0.3, -0.25) is 9.97 Å². The minimum absolute atomic E-state index is 0.940. The third-order valence-corrected chi connectivity index (χ3v) is 9.40. The lowest BCUT2D eigenvalue weighted by Gasteiger charge is -2.14. The zero-order valence-electron chi connectivity index (χ0n) is 24.2. The van der Waals surface area contributed by atoms with Crippen LogP contribution in [0.5, 0.6) is 0 Å². The summed E-state index contributed by atoms with van der Waals surface area (Å²) >= 11 is 0. The number of nitrogens with zero attached hydrogens (tertiary/aromatic N) is 3. The molecule has 0 aliphatic heterocycles. The molecule has 0 fully saturated rings. The maximum Gasteiger partial charge on any atom is 0.145 e. The summed E-state index contributed by atoms with van der Waals surface area (Å²) in [6.45, 7) is 0. The first-order valence-electron chi connectivity index (χ1n) is 15.3. The van der Waals surface area contributed by atoms with Gasteiger partial charge in [0.2, 0.25) is 0 Å². The zero-order chi connectivity index (χ0) is 29.5. The van der Waals surface area contributed by atoms with Crippen LogP contribution in [0.3, 0.4) is 0 Å². The summed E-state index contributed by atoms with van der Waals surface area (Å²) < 4.78 is 9.36. The molecule has 45 heavy (non-hydrogen) atoms. The number of hydrogen-bond acceptors (Lipinski definition) is 3. The van der Waals surface area contributed by atoms with Crippen molar-refractivity contribution in [2.75, 3.05) is 0 Å². The van der Waals surface area contributed by atoms with Gasteiger partial charge < -0.3 is 8.98 Å². The van der Waals surface area contributed by atoms with E-state index in [0.717, 1.165) is 67.3 Å². The highest BCUT2D eigenvalue weighted by Crippen LogP contribution is 2.47. The fraction of sp³-hybridized carbons (Fsp3) is 0.0244. The van der Waals surface area contributed by atoms with Crippen molar-refractivity contribution in [3.8, 4) is 39.1 Å². The quantitative estimate of drug-likeness (QED) is 0.210. The van der Waals surface area contributed by atoms with E-state index in [1.54, 1.807) is 0 Å². The Morgan fingerprint density at radius 1 is 0.511 bits per heavy atom. The first kappa shape index (κ1) is 24.4. The molecule has 1 aliphatic carbocycles. The van der Waals surface area contributed by atoms with Crippen LogP contribution in [0, 0.1) is 0 Å². The third-order valence-electron chi connectivity index (χ3n) is 9.40. The minimum atomic E-state index is 0.940. The molecule has 10 rings (SSSR count). The number of aromatic nitrogens is 3. The average Bonchev–Trinajstić information content (AvgIpc) is 3.78. The molecule has 0 unspecified atom stereocenters. The Balaban J connectivity index is 1.29. The van der Waals surface area contributed by atoms with Crippen molar-refractivity contribution in [3.63, 3.8) is 0 Å². The Bertz CT molecular complexity index is 2560. The molecule has 4 heterocycles. The fourth-order valence-corrected chi connectivity index (χ4v) is 7.40. The molecule has 4 heteroatoms. The van der Waals surface area contributed by atoms with Crippen molar-refractivity contribution in [1.82, 2.24) is 14.5 Å². The van der Waals surface area contributed by atoms with E-state index in [1.165, 1.54) is 33.0 Å². The molecule has 0 N–H and O–H groups in total. The SMILES string of the molecule is c1ccc2c(c1)Cc1ccc3c(oc4c3ccc3c4c4ccccc4n3-c3cc(-c4ccncc4)cc(-c4ccncc4)c3)c1-2. The molecule has 210 valence electrons. The van der Waals surface area contributed by atoms with Crippen LogP contribution >= 0.6 is 0 Å². The van der Waals surface area contributed by atoms with E-state index in [4.69, 9.17) is 4.42 Å². The van der Waals surface area contributed by atoms with Crippen molar-refractivity contribution in [2.45, 2.75) is 6.42 Å². The van der Waals surface area contributed by atoms with Gasteiger partial charge in [-0.05, 0) is 106 Å². The maximum absolute atomic E-state index is 6.98. The predicted molar refractivity (Wildman–Crippen MR) is 183 cm³/mol. The Labute approximate surface area is 258 Å². The highest BCUT2D eigenvalue weighted by atomic mass is 16.3. The molecule has 4 nitrogen and oxygen atoms in total. The maximum atomic E-state index is 6.98. The van der Waals surface area contributed by atoms with Crippen LogP contribution in [0.2, 0.25) is 0 Å². The van der Waals surface area contributed by atoms with E-state index in [-0.39, 0.29) is 0 Å². The number of para-hydroxylation sites is 1.